The third-order valence-electron chi connectivity index (χ3n) is 6.53. The Bertz CT molecular complexity index is 1150. The summed E-state index contributed by atoms with van der Waals surface area (Å²) < 4.78 is 7.40. The first-order valence-electron chi connectivity index (χ1n) is 11.2. The van der Waals surface area contributed by atoms with Gasteiger partial charge in [0.2, 0.25) is 5.91 Å². The molecule has 0 saturated carbocycles. The Morgan fingerprint density at radius 2 is 2.00 bits per heavy atom. The highest BCUT2D eigenvalue weighted by molar-refractivity contribution is 5.93. The molecule has 1 aromatic carbocycles. The van der Waals surface area contributed by atoms with E-state index in [2.05, 4.69) is 41.8 Å². The lowest BCUT2D eigenvalue weighted by atomic mass is 9.89. The molecule has 0 fully saturated rings. The molecule has 4 rings (SSSR count). The summed E-state index contributed by atoms with van der Waals surface area (Å²) in [6, 6.07) is 12.7. The van der Waals surface area contributed by atoms with Gasteiger partial charge in [-0.15, -0.1) is 0 Å². The first-order chi connectivity index (χ1) is 15.5. The van der Waals surface area contributed by atoms with Crippen LogP contribution in [0.3, 0.4) is 0 Å². The highest BCUT2D eigenvalue weighted by Crippen LogP contribution is 2.28. The van der Waals surface area contributed by atoms with E-state index in [1.807, 2.05) is 30.5 Å². The van der Waals surface area contributed by atoms with Gasteiger partial charge in [0, 0.05) is 11.7 Å². The molecule has 166 valence electrons. The average molecular weight is 431 g/mol. The molecule has 0 spiro atoms. The molecule has 1 aliphatic carbocycles. The van der Waals surface area contributed by atoms with E-state index in [0.29, 0.717) is 17.9 Å². The number of benzene rings is 1. The van der Waals surface area contributed by atoms with E-state index in [-0.39, 0.29) is 18.5 Å². The van der Waals surface area contributed by atoms with Crippen molar-refractivity contribution in [1.29, 1.82) is 5.26 Å². The number of carbonyl (C=O) groups is 1. The quantitative estimate of drug-likeness (QED) is 0.565. The molecule has 1 unspecified atom stereocenters. The molecule has 2 aromatic heterocycles. The second kappa shape index (κ2) is 9.46. The fourth-order valence-electron chi connectivity index (χ4n) is 4.45. The van der Waals surface area contributed by atoms with Crippen molar-refractivity contribution in [2.24, 2.45) is 0 Å². The minimum Gasteiger partial charge on any atom is -0.467 e. The first-order valence-corrected chi connectivity index (χ1v) is 11.2. The monoisotopic (exact) mass is 430 g/mol. The smallest absolute Gasteiger partial charge is 0.239 e. The van der Waals surface area contributed by atoms with Gasteiger partial charge in [0.05, 0.1) is 24.9 Å². The molecule has 0 radical (unpaired) electrons. The molecule has 1 atom stereocenters. The molecule has 0 aliphatic heterocycles. The Balaban J connectivity index is 1.45. The Kier molecular flexibility index (Phi) is 6.48. The number of carbonyl (C=O) groups excluding carboxylic acids is 1. The molecule has 2 heterocycles. The van der Waals surface area contributed by atoms with Gasteiger partial charge in [-0.25, -0.2) is 0 Å². The molecular formula is C26H30N4O2. The molecule has 2 N–H and O–H groups in total. The van der Waals surface area contributed by atoms with Crippen LogP contribution in [0.4, 0.5) is 5.82 Å². The number of fused-ring (bicyclic) bond motifs is 1. The van der Waals surface area contributed by atoms with Gasteiger partial charge in [0.25, 0.3) is 0 Å². The fraction of sp³-hybridized carbons (Fsp3) is 0.385. The summed E-state index contributed by atoms with van der Waals surface area (Å²) in [6.45, 7) is 6.54. The van der Waals surface area contributed by atoms with Gasteiger partial charge < -0.3 is 19.6 Å². The SMILES string of the molecule is Cc1c(C#N)c(NC(=O)CNC(C)c2ccc3c(c2)CCCC3)n(Cc2ccco2)c1C. The van der Waals surface area contributed by atoms with Gasteiger partial charge in [-0.1, -0.05) is 18.2 Å². The van der Waals surface area contributed by atoms with E-state index in [1.165, 1.54) is 29.5 Å². The number of amides is 1. The highest BCUT2D eigenvalue weighted by atomic mass is 16.3. The van der Waals surface area contributed by atoms with Crippen molar-refractivity contribution in [2.75, 3.05) is 11.9 Å². The van der Waals surface area contributed by atoms with Gasteiger partial charge >= 0.3 is 0 Å². The summed E-state index contributed by atoms with van der Waals surface area (Å²) >= 11 is 0. The predicted molar refractivity (Wildman–Crippen MR) is 125 cm³/mol. The largest absolute Gasteiger partial charge is 0.467 e. The van der Waals surface area contributed by atoms with Crippen LogP contribution in [0.25, 0.3) is 0 Å². The van der Waals surface area contributed by atoms with Gasteiger partial charge in [-0.2, -0.15) is 5.26 Å². The van der Waals surface area contributed by atoms with Crippen molar-refractivity contribution in [3.63, 3.8) is 0 Å². The van der Waals surface area contributed by atoms with Crippen molar-refractivity contribution in [2.45, 2.75) is 59.0 Å². The van der Waals surface area contributed by atoms with Crippen LogP contribution >= 0.6 is 0 Å². The Hall–Kier alpha value is -3.30. The van der Waals surface area contributed by atoms with Gasteiger partial charge in [-0.05, 0) is 80.8 Å². The number of nitrogens with one attached hydrogen (secondary N) is 2. The van der Waals surface area contributed by atoms with Crippen LogP contribution < -0.4 is 10.6 Å². The molecule has 0 bridgehead atoms. The van der Waals surface area contributed by atoms with Crippen molar-refractivity contribution < 1.29 is 9.21 Å². The Morgan fingerprint density at radius 1 is 1.22 bits per heavy atom. The molecule has 1 aliphatic rings. The zero-order chi connectivity index (χ0) is 22.7. The van der Waals surface area contributed by atoms with Crippen LogP contribution in [0.15, 0.2) is 41.0 Å². The number of rotatable bonds is 7. The van der Waals surface area contributed by atoms with Crippen LogP contribution in [0, 0.1) is 25.2 Å². The van der Waals surface area contributed by atoms with Gasteiger partial charge in [0.1, 0.15) is 17.6 Å². The zero-order valence-electron chi connectivity index (χ0n) is 19.0. The molecule has 1 amide bonds. The summed E-state index contributed by atoms with van der Waals surface area (Å²) in [5.41, 5.74) is 6.38. The van der Waals surface area contributed by atoms with Crippen LogP contribution in [0.2, 0.25) is 0 Å². The standard InChI is InChI=1S/C26H30N4O2/c1-17-19(3)30(16-23-9-6-12-32-23)26(24(17)14-27)29-25(31)15-28-18(2)21-11-10-20-7-4-5-8-22(20)13-21/h6,9-13,18,28H,4-5,7-8,15-16H2,1-3H3,(H,29,31). The second-order valence-corrected chi connectivity index (χ2v) is 8.60. The summed E-state index contributed by atoms with van der Waals surface area (Å²) in [6.07, 6.45) is 6.44. The second-order valence-electron chi connectivity index (χ2n) is 8.60. The number of nitriles is 1. The summed E-state index contributed by atoms with van der Waals surface area (Å²) in [5, 5.41) is 16.0. The maximum Gasteiger partial charge on any atom is 0.239 e. The van der Waals surface area contributed by atoms with Crippen molar-refractivity contribution in [3.05, 3.63) is 75.9 Å². The van der Waals surface area contributed by atoms with Gasteiger partial charge in [0.15, 0.2) is 0 Å². The minimum atomic E-state index is -0.176. The molecule has 6 nitrogen and oxygen atoms in total. The third-order valence-corrected chi connectivity index (χ3v) is 6.53. The highest BCUT2D eigenvalue weighted by Gasteiger charge is 2.21. The fourth-order valence-corrected chi connectivity index (χ4v) is 4.45. The topological polar surface area (TPSA) is 83.0 Å². The normalized spacial score (nSPS) is 13.9. The molecule has 32 heavy (non-hydrogen) atoms. The Labute approximate surface area is 189 Å². The van der Waals surface area contributed by atoms with Crippen LogP contribution in [0.1, 0.15) is 65.1 Å². The zero-order valence-corrected chi connectivity index (χ0v) is 19.0. The lowest BCUT2D eigenvalue weighted by Gasteiger charge is -2.20. The molecule has 0 saturated heterocycles. The number of aromatic nitrogens is 1. The Morgan fingerprint density at radius 3 is 2.72 bits per heavy atom. The number of hydrogen-bond acceptors (Lipinski definition) is 4. The number of hydrogen-bond donors (Lipinski definition) is 2. The molecule has 6 heteroatoms. The van der Waals surface area contributed by atoms with Crippen molar-refractivity contribution in [3.8, 4) is 6.07 Å². The van der Waals surface area contributed by atoms with E-state index in [9.17, 15) is 10.1 Å². The third kappa shape index (κ3) is 4.49. The minimum absolute atomic E-state index is 0.0572. The lowest BCUT2D eigenvalue weighted by molar-refractivity contribution is -0.115. The number of nitrogens with zero attached hydrogens (tertiary/aromatic N) is 2. The van der Waals surface area contributed by atoms with Crippen molar-refractivity contribution >= 4 is 11.7 Å². The average Bonchev–Trinajstić information content (AvgIpc) is 3.40. The van der Waals surface area contributed by atoms with E-state index in [0.717, 1.165) is 29.9 Å². The predicted octanol–water partition coefficient (Wildman–Crippen LogP) is 4.79. The molecule has 3 aromatic rings. The maximum atomic E-state index is 12.8. The molecular weight excluding hydrogens is 400 g/mol. The maximum absolute atomic E-state index is 12.8. The van der Waals surface area contributed by atoms with Crippen LogP contribution in [0.5, 0.6) is 0 Å². The number of aryl methyl sites for hydroxylation is 2. The van der Waals surface area contributed by atoms with Gasteiger partial charge in [-0.3, -0.25) is 4.79 Å². The summed E-state index contributed by atoms with van der Waals surface area (Å²) in [4.78, 5) is 12.8. The first kappa shape index (κ1) is 21.9. The van der Waals surface area contributed by atoms with E-state index in [4.69, 9.17) is 4.42 Å². The van der Waals surface area contributed by atoms with Crippen LogP contribution in [-0.4, -0.2) is 17.0 Å². The van der Waals surface area contributed by atoms with Crippen molar-refractivity contribution in [1.82, 2.24) is 9.88 Å². The lowest BCUT2D eigenvalue weighted by Crippen LogP contribution is -2.31. The number of anilines is 1. The van der Waals surface area contributed by atoms with E-state index >= 15 is 0 Å². The van der Waals surface area contributed by atoms with E-state index in [1.54, 1.807) is 6.26 Å². The number of furan rings is 1. The summed E-state index contributed by atoms with van der Waals surface area (Å²) in [5.74, 6) is 1.11. The van der Waals surface area contributed by atoms with Crippen LogP contribution in [-0.2, 0) is 24.2 Å². The van der Waals surface area contributed by atoms with E-state index < -0.39 is 0 Å². The summed E-state index contributed by atoms with van der Waals surface area (Å²) in [7, 11) is 0.